The maximum atomic E-state index is 10.7. The number of carbonyl (C=O) groups is 1. The van der Waals surface area contributed by atoms with Crippen molar-refractivity contribution >= 4 is 12.2 Å². The topological polar surface area (TPSA) is 85.9 Å². The van der Waals surface area contributed by atoms with Gasteiger partial charge in [-0.25, -0.2) is 10.2 Å². The molecule has 0 saturated carbocycles. The van der Waals surface area contributed by atoms with Gasteiger partial charge in [-0.05, 0) is 47.0 Å². The molecule has 2 amide bonds. The van der Waals surface area contributed by atoms with Gasteiger partial charge in [0.25, 0.3) is 0 Å². The Labute approximate surface area is 163 Å². The number of primary amides is 1. The maximum Gasteiger partial charge on any atom is 0.332 e. The monoisotopic (exact) mass is 375 g/mol. The molecule has 0 spiro atoms. The third-order valence-corrected chi connectivity index (χ3v) is 4.05. The number of urea groups is 1. The van der Waals surface area contributed by atoms with Crippen LogP contribution in [-0.2, 0) is 6.61 Å². The smallest absolute Gasteiger partial charge is 0.332 e. The molecular formula is C22H21N3O3. The van der Waals surface area contributed by atoms with Gasteiger partial charge in [0.15, 0.2) is 0 Å². The van der Waals surface area contributed by atoms with Crippen LogP contribution >= 0.6 is 0 Å². The molecule has 3 aromatic rings. The number of nitrogens with two attached hydrogens (primary N) is 1. The van der Waals surface area contributed by atoms with Crippen molar-refractivity contribution < 1.29 is 14.3 Å². The van der Waals surface area contributed by atoms with Crippen molar-refractivity contribution in [2.45, 2.75) is 6.61 Å². The second kappa shape index (κ2) is 9.23. The lowest BCUT2D eigenvalue weighted by molar-refractivity contribution is 0.249. The van der Waals surface area contributed by atoms with E-state index in [1.165, 1.54) is 6.21 Å². The summed E-state index contributed by atoms with van der Waals surface area (Å²) in [6.45, 7) is 0.332. The van der Waals surface area contributed by atoms with E-state index in [1.54, 1.807) is 7.11 Å². The van der Waals surface area contributed by atoms with Crippen LogP contribution in [0.25, 0.3) is 11.1 Å². The standard InChI is InChI=1S/C22H21N3O3/c1-27-21-12-7-16(14-24-25-22(23)26)13-19(21)15-28-20-10-8-18(9-11-20)17-5-3-2-4-6-17/h2-14H,15H2,1H3,(H3,23,25,26). The molecule has 0 aromatic heterocycles. The molecule has 0 aliphatic rings. The quantitative estimate of drug-likeness (QED) is 0.484. The Hall–Kier alpha value is -3.80. The van der Waals surface area contributed by atoms with Crippen molar-refractivity contribution in [3.63, 3.8) is 0 Å². The first-order valence-electron chi connectivity index (χ1n) is 8.69. The lowest BCUT2D eigenvalue weighted by Gasteiger charge is -2.11. The molecule has 3 rings (SSSR count). The van der Waals surface area contributed by atoms with Gasteiger partial charge in [0.1, 0.15) is 18.1 Å². The van der Waals surface area contributed by atoms with Crippen molar-refractivity contribution in [3.05, 3.63) is 83.9 Å². The molecule has 3 aromatic carbocycles. The van der Waals surface area contributed by atoms with Gasteiger partial charge >= 0.3 is 6.03 Å². The van der Waals surface area contributed by atoms with Crippen LogP contribution in [0.5, 0.6) is 11.5 Å². The summed E-state index contributed by atoms with van der Waals surface area (Å²) < 4.78 is 11.3. The van der Waals surface area contributed by atoms with Crippen molar-refractivity contribution in [1.29, 1.82) is 0 Å². The predicted octanol–water partition coefficient (Wildman–Crippen LogP) is 3.94. The molecule has 0 fully saturated rings. The number of benzene rings is 3. The van der Waals surface area contributed by atoms with E-state index >= 15 is 0 Å². The molecule has 0 radical (unpaired) electrons. The van der Waals surface area contributed by atoms with Crippen LogP contribution < -0.4 is 20.6 Å². The van der Waals surface area contributed by atoms with E-state index in [-0.39, 0.29) is 0 Å². The summed E-state index contributed by atoms with van der Waals surface area (Å²) in [5, 5.41) is 3.76. The summed E-state index contributed by atoms with van der Waals surface area (Å²) in [7, 11) is 1.61. The highest BCUT2D eigenvalue weighted by molar-refractivity contribution is 5.82. The summed E-state index contributed by atoms with van der Waals surface area (Å²) in [4.78, 5) is 10.7. The van der Waals surface area contributed by atoms with E-state index in [0.29, 0.717) is 12.4 Å². The second-order valence-corrected chi connectivity index (χ2v) is 5.98. The first-order valence-corrected chi connectivity index (χ1v) is 8.69. The number of nitrogens with one attached hydrogen (secondary N) is 1. The van der Waals surface area contributed by atoms with Crippen molar-refractivity contribution in [1.82, 2.24) is 5.43 Å². The number of hydrazone groups is 1. The summed E-state index contributed by atoms with van der Waals surface area (Å²) in [6, 6.07) is 22.9. The van der Waals surface area contributed by atoms with Gasteiger partial charge in [0.05, 0.1) is 13.3 Å². The zero-order valence-corrected chi connectivity index (χ0v) is 15.5. The van der Waals surface area contributed by atoms with Gasteiger partial charge in [-0.1, -0.05) is 42.5 Å². The molecule has 0 aliphatic carbocycles. The van der Waals surface area contributed by atoms with E-state index in [9.17, 15) is 4.79 Å². The highest BCUT2D eigenvalue weighted by Gasteiger charge is 2.06. The number of methoxy groups -OCH3 is 1. The van der Waals surface area contributed by atoms with E-state index < -0.39 is 6.03 Å². The fourth-order valence-corrected chi connectivity index (χ4v) is 2.70. The lowest BCUT2D eigenvalue weighted by atomic mass is 10.1. The minimum Gasteiger partial charge on any atom is -0.496 e. The van der Waals surface area contributed by atoms with Gasteiger partial charge in [-0.2, -0.15) is 5.10 Å². The van der Waals surface area contributed by atoms with Crippen molar-refractivity contribution in [2.75, 3.05) is 7.11 Å². The number of ether oxygens (including phenoxy) is 2. The van der Waals surface area contributed by atoms with Gasteiger partial charge in [-0.15, -0.1) is 0 Å². The third kappa shape index (κ3) is 5.11. The average molecular weight is 375 g/mol. The minimum absolute atomic E-state index is 0.332. The number of rotatable bonds is 7. The van der Waals surface area contributed by atoms with Crippen LogP contribution in [0.15, 0.2) is 77.9 Å². The lowest BCUT2D eigenvalue weighted by Crippen LogP contribution is -2.24. The van der Waals surface area contributed by atoms with Crippen molar-refractivity contribution in [3.8, 4) is 22.6 Å². The van der Waals surface area contributed by atoms with Crippen LogP contribution in [0.3, 0.4) is 0 Å². The van der Waals surface area contributed by atoms with Gasteiger partial charge in [0, 0.05) is 5.56 Å². The van der Waals surface area contributed by atoms with Gasteiger partial charge in [0.2, 0.25) is 0 Å². The van der Waals surface area contributed by atoms with Gasteiger partial charge in [-0.3, -0.25) is 0 Å². The number of hydrogen-bond acceptors (Lipinski definition) is 4. The highest BCUT2D eigenvalue weighted by atomic mass is 16.5. The third-order valence-electron chi connectivity index (χ3n) is 4.05. The first kappa shape index (κ1) is 19.0. The first-order chi connectivity index (χ1) is 13.7. The van der Waals surface area contributed by atoms with Crippen LogP contribution in [-0.4, -0.2) is 19.4 Å². The molecule has 0 atom stereocenters. The number of carbonyl (C=O) groups excluding carboxylic acids is 1. The van der Waals surface area contributed by atoms with Crippen molar-refractivity contribution in [2.24, 2.45) is 10.8 Å². The molecule has 0 unspecified atom stereocenters. The van der Waals surface area contributed by atoms with E-state index in [1.807, 2.05) is 60.7 Å². The summed E-state index contributed by atoms with van der Waals surface area (Å²) in [5.74, 6) is 1.47. The van der Waals surface area contributed by atoms with E-state index in [4.69, 9.17) is 15.2 Å². The predicted molar refractivity (Wildman–Crippen MR) is 110 cm³/mol. The Morgan fingerprint density at radius 3 is 2.43 bits per heavy atom. The van der Waals surface area contributed by atoms with Gasteiger partial charge < -0.3 is 15.2 Å². The molecule has 28 heavy (non-hydrogen) atoms. The molecule has 6 heteroatoms. The molecule has 0 saturated heterocycles. The SMILES string of the molecule is COc1ccc(C=NNC(N)=O)cc1COc1ccc(-c2ccccc2)cc1. The average Bonchev–Trinajstić information content (AvgIpc) is 2.73. The molecular weight excluding hydrogens is 354 g/mol. The fourth-order valence-electron chi connectivity index (χ4n) is 2.70. The normalized spacial score (nSPS) is 10.6. The minimum atomic E-state index is -0.715. The summed E-state index contributed by atoms with van der Waals surface area (Å²) in [6.07, 6.45) is 1.50. The summed E-state index contributed by atoms with van der Waals surface area (Å²) in [5.41, 5.74) is 11.1. The Kier molecular flexibility index (Phi) is 6.25. The zero-order valence-electron chi connectivity index (χ0n) is 15.5. The molecule has 0 heterocycles. The van der Waals surface area contributed by atoms with Crippen LogP contribution in [0.1, 0.15) is 11.1 Å². The molecule has 142 valence electrons. The maximum absolute atomic E-state index is 10.7. The summed E-state index contributed by atoms with van der Waals surface area (Å²) >= 11 is 0. The zero-order chi connectivity index (χ0) is 19.8. The Morgan fingerprint density at radius 2 is 1.75 bits per heavy atom. The number of amides is 2. The molecule has 3 N–H and O–H groups in total. The molecule has 6 nitrogen and oxygen atoms in total. The van der Waals surface area contributed by atoms with E-state index in [0.717, 1.165) is 28.0 Å². The van der Waals surface area contributed by atoms with Crippen LogP contribution in [0, 0.1) is 0 Å². The Morgan fingerprint density at radius 1 is 1.04 bits per heavy atom. The molecule has 0 bridgehead atoms. The van der Waals surface area contributed by atoms with E-state index in [2.05, 4.69) is 22.7 Å². The van der Waals surface area contributed by atoms with Crippen LogP contribution in [0.4, 0.5) is 4.79 Å². The Balaban J connectivity index is 1.69. The molecule has 0 aliphatic heterocycles. The Bertz CT molecular complexity index is 955. The largest absolute Gasteiger partial charge is 0.496 e. The number of hydrogen-bond donors (Lipinski definition) is 2. The number of nitrogens with zero attached hydrogens (tertiary/aromatic N) is 1. The second-order valence-electron chi connectivity index (χ2n) is 5.98. The van der Waals surface area contributed by atoms with Crippen LogP contribution in [0.2, 0.25) is 0 Å². The highest BCUT2D eigenvalue weighted by Crippen LogP contribution is 2.24. The fraction of sp³-hybridized carbons (Fsp3) is 0.0909.